The van der Waals surface area contributed by atoms with Crippen LogP contribution in [0.1, 0.15) is 6.92 Å². The van der Waals surface area contributed by atoms with Gasteiger partial charge in [-0.2, -0.15) is 8.78 Å². The lowest BCUT2D eigenvalue weighted by Gasteiger charge is -2.09. The van der Waals surface area contributed by atoms with Gasteiger partial charge in [-0.25, -0.2) is 0 Å². The first-order valence-corrected chi connectivity index (χ1v) is 2.61. The summed E-state index contributed by atoms with van der Waals surface area (Å²) in [6.07, 6.45) is -3.63. The molecule has 0 aliphatic rings. The molecule has 0 unspecified atom stereocenters. The van der Waals surface area contributed by atoms with E-state index in [0.29, 0.717) is 0 Å². The van der Waals surface area contributed by atoms with Crippen molar-refractivity contribution in [3.05, 3.63) is 10.1 Å². The number of hydrogen-bond acceptors (Lipinski definition) is 3. The molecule has 0 radical (unpaired) electrons. The molecule has 6 heteroatoms. The Morgan fingerprint density at radius 2 is 2.20 bits per heavy atom. The zero-order chi connectivity index (χ0) is 8.20. The van der Waals surface area contributed by atoms with E-state index in [1.54, 1.807) is 0 Å². The molecule has 0 fully saturated rings. The van der Waals surface area contributed by atoms with Gasteiger partial charge in [0.05, 0.1) is 6.61 Å². The number of rotatable bonds is 4. The van der Waals surface area contributed by atoms with Crippen molar-refractivity contribution in [2.45, 2.75) is 13.0 Å². The van der Waals surface area contributed by atoms with Crippen LogP contribution in [0.5, 0.6) is 0 Å². The van der Waals surface area contributed by atoms with Crippen molar-refractivity contribution in [3.63, 3.8) is 0 Å². The van der Waals surface area contributed by atoms with Crippen LogP contribution in [0.25, 0.3) is 0 Å². The minimum atomic E-state index is -3.63. The summed E-state index contributed by atoms with van der Waals surface area (Å²) in [7, 11) is 0. The second-order valence-electron chi connectivity index (χ2n) is 1.56. The van der Waals surface area contributed by atoms with Crippen LogP contribution >= 0.6 is 0 Å². The van der Waals surface area contributed by atoms with E-state index in [0.717, 1.165) is 0 Å². The Morgan fingerprint density at radius 3 is 2.50 bits per heavy atom. The van der Waals surface area contributed by atoms with Gasteiger partial charge in [-0.3, -0.25) is 10.1 Å². The molecule has 0 rings (SSSR count). The Balaban J connectivity index is 3.74. The highest BCUT2D eigenvalue weighted by Crippen LogP contribution is 2.14. The van der Waals surface area contributed by atoms with E-state index in [-0.39, 0.29) is 6.61 Å². The highest BCUT2D eigenvalue weighted by Gasteiger charge is 2.36. The van der Waals surface area contributed by atoms with Crippen molar-refractivity contribution in [1.29, 1.82) is 0 Å². The lowest BCUT2D eigenvalue weighted by molar-refractivity contribution is -0.527. The largest absolute Gasteiger partial charge is 0.420 e. The molecule has 0 amide bonds. The molecule has 4 nitrogen and oxygen atoms in total. The van der Waals surface area contributed by atoms with Crippen molar-refractivity contribution in [3.8, 4) is 0 Å². The van der Waals surface area contributed by atoms with Gasteiger partial charge in [-0.05, 0) is 6.92 Å². The molecule has 10 heavy (non-hydrogen) atoms. The van der Waals surface area contributed by atoms with E-state index in [1.165, 1.54) is 6.92 Å². The molecule has 0 saturated carbocycles. The summed E-state index contributed by atoms with van der Waals surface area (Å²) in [6.45, 7) is -0.366. The molecular weight excluding hydrogens is 148 g/mol. The summed E-state index contributed by atoms with van der Waals surface area (Å²) in [5.74, 6) is 0. The minimum absolute atomic E-state index is 0.235. The van der Waals surface area contributed by atoms with Crippen molar-refractivity contribution in [2.24, 2.45) is 0 Å². The van der Waals surface area contributed by atoms with Crippen LogP contribution in [0.4, 0.5) is 8.78 Å². The van der Waals surface area contributed by atoms with E-state index < -0.39 is 17.6 Å². The van der Waals surface area contributed by atoms with Crippen molar-refractivity contribution in [2.75, 3.05) is 13.2 Å². The number of nitro groups is 1. The lowest BCUT2D eigenvalue weighted by Crippen LogP contribution is -2.30. The van der Waals surface area contributed by atoms with Crippen molar-refractivity contribution < 1.29 is 18.4 Å². The fourth-order valence-corrected chi connectivity index (χ4v) is 0.407. The normalized spacial score (nSPS) is 11.5. The highest BCUT2D eigenvalue weighted by atomic mass is 19.3. The summed E-state index contributed by atoms with van der Waals surface area (Å²) in [6, 6.07) is 0. The molecule has 0 bridgehead atoms. The van der Waals surface area contributed by atoms with E-state index in [9.17, 15) is 18.9 Å². The number of hydrogen-bond donors (Lipinski definition) is 0. The monoisotopic (exact) mass is 155 g/mol. The predicted octanol–water partition coefficient (Wildman–Crippen LogP) is 0.892. The van der Waals surface area contributed by atoms with E-state index in [2.05, 4.69) is 4.74 Å². The maximum Gasteiger partial charge on any atom is 0.420 e. The summed E-state index contributed by atoms with van der Waals surface area (Å²) < 4.78 is 27.8. The average Bonchev–Trinajstić information content (AvgIpc) is 1.59. The van der Waals surface area contributed by atoms with Crippen LogP contribution in [-0.4, -0.2) is 24.2 Å². The zero-order valence-electron chi connectivity index (χ0n) is 5.34. The topological polar surface area (TPSA) is 52.4 Å². The molecule has 0 N–H and O–H groups in total. The highest BCUT2D eigenvalue weighted by molar-refractivity contribution is 4.46. The Bertz CT molecular complexity index is 128. The second kappa shape index (κ2) is 3.40. The van der Waals surface area contributed by atoms with Gasteiger partial charge in [0.15, 0.2) is 0 Å². The standard InChI is InChI=1S/C4H7F2NO3/c1-2-10-4(5,6)3-7(8)9/h2-3H2,1H3. The Morgan fingerprint density at radius 1 is 1.70 bits per heavy atom. The van der Waals surface area contributed by atoms with Crippen LogP contribution in [0.15, 0.2) is 0 Å². The van der Waals surface area contributed by atoms with Gasteiger partial charge in [0.1, 0.15) is 0 Å². The van der Waals surface area contributed by atoms with E-state index >= 15 is 0 Å². The van der Waals surface area contributed by atoms with Crippen LogP contribution in [0, 0.1) is 10.1 Å². The minimum Gasteiger partial charge on any atom is -0.316 e. The third-order valence-electron chi connectivity index (χ3n) is 0.669. The Labute approximate surface area is 55.9 Å². The first-order valence-electron chi connectivity index (χ1n) is 2.61. The van der Waals surface area contributed by atoms with Crippen LogP contribution in [0.3, 0.4) is 0 Å². The average molecular weight is 155 g/mol. The van der Waals surface area contributed by atoms with Crippen LogP contribution in [0.2, 0.25) is 0 Å². The lowest BCUT2D eigenvalue weighted by atomic mass is 10.6. The second-order valence-corrected chi connectivity index (χ2v) is 1.56. The molecule has 0 aromatic carbocycles. The molecule has 0 aromatic heterocycles. The third-order valence-corrected chi connectivity index (χ3v) is 0.669. The Hall–Kier alpha value is -0.780. The summed E-state index contributed by atoms with van der Waals surface area (Å²) >= 11 is 0. The molecule has 0 saturated heterocycles. The predicted molar refractivity (Wildman–Crippen MR) is 28.4 cm³/mol. The van der Waals surface area contributed by atoms with Crippen molar-refractivity contribution in [1.82, 2.24) is 0 Å². The molecule has 0 aliphatic carbocycles. The van der Waals surface area contributed by atoms with Gasteiger partial charge in [0.25, 0.3) is 6.54 Å². The zero-order valence-corrected chi connectivity index (χ0v) is 5.34. The first kappa shape index (κ1) is 9.22. The molecule has 60 valence electrons. The summed E-state index contributed by atoms with van der Waals surface area (Å²) in [5, 5.41) is 9.54. The van der Waals surface area contributed by atoms with Crippen LogP contribution in [-0.2, 0) is 4.74 Å². The Kier molecular flexibility index (Phi) is 3.14. The number of halogens is 2. The van der Waals surface area contributed by atoms with Gasteiger partial charge in [0.2, 0.25) is 0 Å². The van der Waals surface area contributed by atoms with Gasteiger partial charge in [0, 0.05) is 4.92 Å². The SMILES string of the molecule is CCOC(F)(F)C[N+](=O)[O-]. The van der Waals surface area contributed by atoms with E-state index in [1.807, 2.05) is 0 Å². The molecule has 0 aliphatic heterocycles. The summed E-state index contributed by atoms with van der Waals surface area (Å²) in [5.41, 5.74) is 0. The molecular formula is C4H7F2NO3. The molecule has 0 heterocycles. The number of nitrogens with zero attached hydrogens (tertiary/aromatic N) is 1. The quantitative estimate of drug-likeness (QED) is 0.447. The summed E-state index contributed by atoms with van der Waals surface area (Å²) in [4.78, 5) is 8.42. The van der Waals surface area contributed by atoms with Gasteiger partial charge in [-0.15, -0.1) is 0 Å². The fourth-order valence-electron chi connectivity index (χ4n) is 0.407. The molecule has 0 spiro atoms. The van der Waals surface area contributed by atoms with Gasteiger partial charge >= 0.3 is 6.11 Å². The number of alkyl halides is 2. The third kappa shape index (κ3) is 4.13. The van der Waals surface area contributed by atoms with Gasteiger partial charge in [-0.1, -0.05) is 0 Å². The maximum absolute atomic E-state index is 12.0. The fraction of sp³-hybridized carbons (Fsp3) is 1.00. The van der Waals surface area contributed by atoms with E-state index in [4.69, 9.17) is 0 Å². The van der Waals surface area contributed by atoms with Gasteiger partial charge < -0.3 is 4.74 Å². The van der Waals surface area contributed by atoms with Crippen molar-refractivity contribution >= 4 is 0 Å². The van der Waals surface area contributed by atoms with Crippen LogP contribution < -0.4 is 0 Å². The maximum atomic E-state index is 12.0. The smallest absolute Gasteiger partial charge is 0.316 e. The first-order chi connectivity index (χ1) is 4.48. The molecule has 0 atom stereocenters. The molecule has 0 aromatic rings. The number of ether oxygens (including phenoxy) is 1.